The van der Waals surface area contributed by atoms with Crippen LogP contribution in [0.3, 0.4) is 0 Å². The van der Waals surface area contributed by atoms with Crippen LogP contribution in [0.1, 0.15) is 85.0 Å². The molecule has 5 heteroatoms. The Balaban J connectivity index is 2.11. The van der Waals surface area contributed by atoms with Gasteiger partial charge in [-0.25, -0.2) is 9.78 Å². The summed E-state index contributed by atoms with van der Waals surface area (Å²) in [5.41, 5.74) is 0.964. The van der Waals surface area contributed by atoms with Crippen LogP contribution in [0.25, 0.3) is 0 Å². The SMILES string of the molecule is CC[C@@H](NC(=O)OC(C)(C)C)c1cncn1C1CCC(C)(C)C1. The first-order chi connectivity index (χ1) is 10.6. The van der Waals surface area contributed by atoms with E-state index < -0.39 is 5.60 Å². The maximum Gasteiger partial charge on any atom is 0.408 e. The predicted octanol–water partition coefficient (Wildman–Crippen LogP) is 4.61. The van der Waals surface area contributed by atoms with Gasteiger partial charge in [0.2, 0.25) is 0 Å². The molecule has 1 aliphatic carbocycles. The Morgan fingerprint density at radius 1 is 1.52 bits per heavy atom. The maximum atomic E-state index is 12.1. The number of rotatable bonds is 4. The van der Waals surface area contributed by atoms with E-state index in [-0.39, 0.29) is 12.1 Å². The maximum absolute atomic E-state index is 12.1. The molecule has 1 aliphatic rings. The van der Waals surface area contributed by atoms with Crippen LogP contribution in [0.5, 0.6) is 0 Å². The Morgan fingerprint density at radius 2 is 2.22 bits per heavy atom. The summed E-state index contributed by atoms with van der Waals surface area (Å²) in [4.78, 5) is 16.4. The number of hydrogen-bond acceptors (Lipinski definition) is 3. The summed E-state index contributed by atoms with van der Waals surface area (Å²) in [6, 6.07) is 0.396. The quantitative estimate of drug-likeness (QED) is 0.881. The first-order valence-electron chi connectivity index (χ1n) is 8.62. The molecule has 5 nitrogen and oxygen atoms in total. The average Bonchev–Trinajstić information content (AvgIpc) is 2.99. The second-order valence-corrected chi connectivity index (χ2v) is 8.39. The van der Waals surface area contributed by atoms with Crippen molar-refractivity contribution in [1.29, 1.82) is 0 Å². The van der Waals surface area contributed by atoms with E-state index in [1.54, 1.807) is 0 Å². The number of aromatic nitrogens is 2. The van der Waals surface area contributed by atoms with Crippen molar-refractivity contribution in [2.24, 2.45) is 5.41 Å². The number of amides is 1. The second-order valence-electron chi connectivity index (χ2n) is 8.39. The van der Waals surface area contributed by atoms with Crippen molar-refractivity contribution >= 4 is 6.09 Å². The molecule has 2 atom stereocenters. The Morgan fingerprint density at radius 3 is 2.74 bits per heavy atom. The van der Waals surface area contributed by atoms with Crippen molar-refractivity contribution < 1.29 is 9.53 Å². The van der Waals surface area contributed by atoms with Crippen LogP contribution in [-0.2, 0) is 4.74 Å². The van der Waals surface area contributed by atoms with Crippen molar-refractivity contribution in [3.05, 3.63) is 18.2 Å². The van der Waals surface area contributed by atoms with Gasteiger partial charge >= 0.3 is 6.09 Å². The average molecular weight is 321 g/mol. The lowest BCUT2D eigenvalue weighted by Gasteiger charge is -2.25. The van der Waals surface area contributed by atoms with Gasteiger partial charge in [0.15, 0.2) is 0 Å². The molecule has 130 valence electrons. The largest absolute Gasteiger partial charge is 0.444 e. The zero-order chi connectivity index (χ0) is 17.3. The molecule has 0 radical (unpaired) electrons. The number of alkyl carbamates (subject to hydrolysis) is 1. The molecule has 23 heavy (non-hydrogen) atoms. The van der Waals surface area contributed by atoms with Crippen LogP contribution in [-0.4, -0.2) is 21.2 Å². The van der Waals surface area contributed by atoms with Crippen LogP contribution in [0.15, 0.2) is 12.5 Å². The lowest BCUT2D eigenvalue weighted by atomic mass is 9.92. The van der Waals surface area contributed by atoms with E-state index in [2.05, 4.69) is 35.6 Å². The third kappa shape index (κ3) is 4.72. The third-order valence-electron chi connectivity index (χ3n) is 4.49. The molecule has 0 saturated heterocycles. The minimum atomic E-state index is -0.488. The zero-order valence-electron chi connectivity index (χ0n) is 15.3. The molecule has 0 aromatic carbocycles. The minimum absolute atomic E-state index is 0.0731. The summed E-state index contributed by atoms with van der Waals surface area (Å²) in [5.74, 6) is 0. The summed E-state index contributed by atoms with van der Waals surface area (Å²) < 4.78 is 7.64. The Bertz CT molecular complexity index is 543. The van der Waals surface area contributed by atoms with Crippen LogP contribution in [0.2, 0.25) is 0 Å². The number of carbonyl (C=O) groups excluding carboxylic acids is 1. The van der Waals surface area contributed by atoms with Gasteiger partial charge < -0.3 is 14.6 Å². The highest BCUT2D eigenvalue weighted by atomic mass is 16.6. The van der Waals surface area contributed by atoms with Gasteiger partial charge in [-0.1, -0.05) is 20.8 Å². The molecule has 1 unspecified atom stereocenters. The zero-order valence-corrected chi connectivity index (χ0v) is 15.3. The summed E-state index contributed by atoms with van der Waals surface area (Å²) in [6.45, 7) is 12.3. The van der Waals surface area contributed by atoms with Crippen LogP contribution in [0, 0.1) is 5.41 Å². The van der Waals surface area contributed by atoms with Gasteiger partial charge in [-0.3, -0.25) is 0 Å². The predicted molar refractivity (Wildman–Crippen MR) is 91.3 cm³/mol. The van der Waals surface area contributed by atoms with E-state index in [1.165, 1.54) is 12.8 Å². The molecule has 1 aromatic rings. The molecule has 1 fully saturated rings. The fourth-order valence-corrected chi connectivity index (χ4v) is 3.36. The van der Waals surface area contributed by atoms with Gasteiger partial charge in [0.05, 0.1) is 24.3 Å². The van der Waals surface area contributed by atoms with Gasteiger partial charge in [0.25, 0.3) is 0 Å². The number of ether oxygens (including phenoxy) is 1. The van der Waals surface area contributed by atoms with Gasteiger partial charge in [-0.05, 0) is 51.9 Å². The molecule has 1 aromatic heterocycles. The fourth-order valence-electron chi connectivity index (χ4n) is 3.36. The molecule has 1 amide bonds. The van der Waals surface area contributed by atoms with E-state index >= 15 is 0 Å². The van der Waals surface area contributed by atoms with E-state index in [0.29, 0.717) is 11.5 Å². The van der Waals surface area contributed by atoms with Crippen LogP contribution < -0.4 is 5.32 Å². The van der Waals surface area contributed by atoms with Crippen molar-refractivity contribution in [1.82, 2.24) is 14.9 Å². The molecular formula is C18H31N3O2. The summed E-state index contributed by atoms with van der Waals surface area (Å²) in [5, 5.41) is 2.99. The standard InChI is InChI=1S/C18H31N3O2/c1-7-14(20-16(22)23-17(2,3)4)15-11-19-12-21(15)13-8-9-18(5,6)10-13/h11-14H,7-10H2,1-6H3,(H,20,22)/t13?,14-/m1/s1. The Hall–Kier alpha value is -1.52. The first kappa shape index (κ1) is 17.8. The van der Waals surface area contributed by atoms with Crippen molar-refractivity contribution in [2.45, 2.75) is 84.9 Å². The number of imidazole rings is 1. The highest BCUT2D eigenvalue weighted by molar-refractivity contribution is 5.68. The van der Waals surface area contributed by atoms with E-state index in [1.807, 2.05) is 33.3 Å². The molecule has 1 heterocycles. The summed E-state index contributed by atoms with van der Waals surface area (Å²) in [7, 11) is 0. The normalized spacial score (nSPS) is 21.9. The Kier molecular flexibility index (Phi) is 5.07. The summed E-state index contributed by atoms with van der Waals surface area (Å²) in [6.07, 6.45) is 7.76. The second kappa shape index (κ2) is 6.54. The molecular weight excluding hydrogens is 290 g/mol. The minimum Gasteiger partial charge on any atom is -0.444 e. The van der Waals surface area contributed by atoms with Crippen molar-refractivity contribution in [2.75, 3.05) is 0 Å². The highest BCUT2D eigenvalue weighted by Gasteiger charge is 2.33. The number of carbonyl (C=O) groups is 1. The van der Waals surface area contributed by atoms with Gasteiger partial charge in [-0.15, -0.1) is 0 Å². The van der Waals surface area contributed by atoms with E-state index in [4.69, 9.17) is 4.74 Å². The molecule has 1 saturated carbocycles. The van der Waals surface area contributed by atoms with Crippen molar-refractivity contribution in [3.8, 4) is 0 Å². The van der Waals surface area contributed by atoms with E-state index in [0.717, 1.165) is 18.5 Å². The number of nitrogens with one attached hydrogen (secondary N) is 1. The first-order valence-corrected chi connectivity index (χ1v) is 8.62. The highest BCUT2D eigenvalue weighted by Crippen LogP contribution is 2.44. The number of nitrogens with zero attached hydrogens (tertiary/aromatic N) is 2. The Labute approximate surface area is 139 Å². The molecule has 0 spiro atoms. The van der Waals surface area contributed by atoms with Gasteiger partial charge in [0.1, 0.15) is 5.60 Å². The van der Waals surface area contributed by atoms with Gasteiger partial charge in [0, 0.05) is 6.04 Å². The molecule has 2 rings (SSSR count). The third-order valence-corrected chi connectivity index (χ3v) is 4.49. The topological polar surface area (TPSA) is 56.1 Å². The summed E-state index contributed by atoms with van der Waals surface area (Å²) >= 11 is 0. The monoisotopic (exact) mass is 321 g/mol. The van der Waals surface area contributed by atoms with Crippen LogP contribution in [0.4, 0.5) is 4.79 Å². The molecule has 1 N–H and O–H groups in total. The van der Waals surface area contributed by atoms with Gasteiger partial charge in [-0.2, -0.15) is 0 Å². The van der Waals surface area contributed by atoms with Crippen molar-refractivity contribution in [3.63, 3.8) is 0 Å². The lowest BCUT2D eigenvalue weighted by molar-refractivity contribution is 0.0499. The lowest BCUT2D eigenvalue weighted by Crippen LogP contribution is -2.35. The van der Waals surface area contributed by atoms with Crippen LogP contribution >= 0.6 is 0 Å². The molecule has 0 aliphatic heterocycles. The fraction of sp³-hybridized carbons (Fsp3) is 0.778. The molecule has 0 bridgehead atoms. The van der Waals surface area contributed by atoms with E-state index in [9.17, 15) is 4.79 Å². The number of hydrogen-bond donors (Lipinski definition) is 1. The smallest absolute Gasteiger partial charge is 0.408 e.